The maximum atomic E-state index is 13.4. The van der Waals surface area contributed by atoms with Gasteiger partial charge in [-0.15, -0.1) is 0 Å². The van der Waals surface area contributed by atoms with Crippen molar-refractivity contribution in [2.45, 2.75) is 32.7 Å². The molecule has 0 amide bonds. The van der Waals surface area contributed by atoms with Crippen LogP contribution in [0.3, 0.4) is 0 Å². The summed E-state index contributed by atoms with van der Waals surface area (Å²) in [7, 11) is 0. The molecule has 0 saturated heterocycles. The van der Waals surface area contributed by atoms with Gasteiger partial charge >= 0.3 is 0 Å². The van der Waals surface area contributed by atoms with Gasteiger partial charge in [-0.05, 0) is 47.7 Å². The van der Waals surface area contributed by atoms with Crippen LogP contribution in [-0.4, -0.2) is 11.6 Å². The first-order chi connectivity index (χ1) is 15.8. The Morgan fingerprint density at radius 3 is 2.45 bits per heavy atom. The maximum Gasteiger partial charge on any atom is 0.193 e. The van der Waals surface area contributed by atoms with Crippen LogP contribution in [0.5, 0.6) is 0 Å². The van der Waals surface area contributed by atoms with Crippen LogP contribution in [0.25, 0.3) is 0 Å². The molecule has 3 aromatic rings. The van der Waals surface area contributed by atoms with Gasteiger partial charge in [-0.25, -0.2) is 0 Å². The van der Waals surface area contributed by atoms with E-state index in [1.54, 1.807) is 0 Å². The van der Waals surface area contributed by atoms with Crippen molar-refractivity contribution >= 4 is 34.5 Å². The molecule has 0 aromatic heterocycles. The highest BCUT2D eigenvalue weighted by Crippen LogP contribution is 2.45. The molecule has 166 valence electrons. The molecule has 1 heterocycles. The van der Waals surface area contributed by atoms with Crippen molar-refractivity contribution in [1.29, 1.82) is 0 Å². The Bertz CT molecular complexity index is 1290. The summed E-state index contributed by atoms with van der Waals surface area (Å²) in [5, 5.41) is 7.69. The number of anilines is 2. The van der Waals surface area contributed by atoms with Crippen molar-refractivity contribution in [3.05, 3.63) is 106 Å². The Labute approximate surface area is 198 Å². The first-order valence-electron chi connectivity index (χ1n) is 11.1. The van der Waals surface area contributed by atoms with E-state index in [2.05, 4.69) is 24.5 Å². The van der Waals surface area contributed by atoms with Crippen LogP contribution in [0.2, 0.25) is 5.02 Å². The second-order valence-electron chi connectivity index (χ2n) is 9.55. The van der Waals surface area contributed by atoms with Crippen LogP contribution in [0, 0.1) is 5.41 Å². The van der Waals surface area contributed by atoms with Crippen LogP contribution in [-0.2, 0) is 4.79 Å². The van der Waals surface area contributed by atoms with Crippen molar-refractivity contribution in [2.75, 3.05) is 10.6 Å². The van der Waals surface area contributed by atoms with Gasteiger partial charge in [0.05, 0.1) is 17.4 Å². The van der Waals surface area contributed by atoms with Crippen LogP contribution in [0.15, 0.2) is 84.1 Å². The quantitative estimate of drug-likeness (QED) is 0.426. The number of hydrogen-bond acceptors (Lipinski definition) is 4. The summed E-state index contributed by atoms with van der Waals surface area (Å²) in [6, 6.07) is 22.1. The normalized spacial score (nSPS) is 19.0. The highest BCUT2D eigenvalue weighted by Gasteiger charge is 2.38. The molecule has 1 aliphatic carbocycles. The SMILES string of the molecule is CC1(C)CC(=O)C2=C(C1)Nc1ccc(C(=O)c3ccccc3)cc1NC2c1cccc(Cl)c1. The maximum absolute atomic E-state index is 13.4. The van der Waals surface area contributed by atoms with Crippen LogP contribution < -0.4 is 10.6 Å². The van der Waals surface area contributed by atoms with E-state index in [4.69, 9.17) is 11.6 Å². The van der Waals surface area contributed by atoms with E-state index in [9.17, 15) is 9.59 Å². The molecule has 1 unspecified atom stereocenters. The average Bonchev–Trinajstić information content (AvgIpc) is 2.94. The van der Waals surface area contributed by atoms with E-state index in [0.717, 1.165) is 34.6 Å². The molecule has 0 saturated carbocycles. The van der Waals surface area contributed by atoms with Crippen molar-refractivity contribution in [3.63, 3.8) is 0 Å². The summed E-state index contributed by atoms with van der Waals surface area (Å²) < 4.78 is 0. The fourth-order valence-electron chi connectivity index (χ4n) is 4.78. The van der Waals surface area contributed by atoms with E-state index >= 15 is 0 Å². The largest absolute Gasteiger partial charge is 0.372 e. The topological polar surface area (TPSA) is 58.2 Å². The molecule has 0 spiro atoms. The molecule has 0 fully saturated rings. The lowest BCUT2D eigenvalue weighted by atomic mass is 9.73. The lowest BCUT2D eigenvalue weighted by molar-refractivity contribution is -0.118. The molecule has 4 nitrogen and oxygen atoms in total. The van der Waals surface area contributed by atoms with E-state index in [1.807, 2.05) is 72.8 Å². The van der Waals surface area contributed by atoms with E-state index in [-0.39, 0.29) is 23.0 Å². The molecule has 3 aromatic carbocycles. The minimum atomic E-state index is -0.363. The Morgan fingerprint density at radius 2 is 1.70 bits per heavy atom. The Kier molecular flexibility index (Phi) is 5.34. The van der Waals surface area contributed by atoms with Gasteiger partial charge in [-0.1, -0.05) is 67.9 Å². The summed E-state index contributed by atoms with van der Waals surface area (Å²) >= 11 is 6.31. The van der Waals surface area contributed by atoms with E-state index in [1.165, 1.54) is 0 Å². The lowest BCUT2D eigenvalue weighted by Gasteiger charge is -2.34. The number of halogens is 1. The van der Waals surface area contributed by atoms with Crippen molar-refractivity contribution < 1.29 is 9.59 Å². The van der Waals surface area contributed by atoms with Gasteiger partial charge in [-0.2, -0.15) is 0 Å². The van der Waals surface area contributed by atoms with Crippen LogP contribution in [0.4, 0.5) is 11.4 Å². The van der Waals surface area contributed by atoms with Gasteiger partial charge < -0.3 is 10.6 Å². The number of fused-ring (bicyclic) bond motifs is 1. The average molecular weight is 457 g/mol. The van der Waals surface area contributed by atoms with Gasteiger partial charge in [0.1, 0.15) is 0 Å². The number of ketones is 2. The lowest BCUT2D eigenvalue weighted by Crippen LogP contribution is -2.31. The van der Waals surface area contributed by atoms with Gasteiger partial charge in [-0.3, -0.25) is 9.59 Å². The molecule has 33 heavy (non-hydrogen) atoms. The Morgan fingerprint density at radius 1 is 0.909 bits per heavy atom. The van der Waals surface area contributed by atoms with Crippen molar-refractivity contribution in [1.82, 2.24) is 0 Å². The van der Waals surface area contributed by atoms with Crippen molar-refractivity contribution in [2.24, 2.45) is 5.41 Å². The molecule has 2 aliphatic rings. The number of hydrogen-bond donors (Lipinski definition) is 2. The molecular weight excluding hydrogens is 432 g/mol. The molecule has 5 rings (SSSR count). The monoisotopic (exact) mass is 456 g/mol. The fraction of sp³-hybridized carbons (Fsp3) is 0.214. The minimum absolute atomic E-state index is 0.0429. The fourth-order valence-corrected chi connectivity index (χ4v) is 4.98. The predicted molar refractivity (Wildman–Crippen MR) is 133 cm³/mol. The second kappa shape index (κ2) is 8.20. The number of nitrogens with one attached hydrogen (secondary N) is 2. The summed E-state index contributed by atoms with van der Waals surface area (Å²) in [4.78, 5) is 26.4. The third-order valence-corrected chi connectivity index (χ3v) is 6.53. The number of rotatable bonds is 3. The second-order valence-corrected chi connectivity index (χ2v) is 9.98. The summed E-state index contributed by atoms with van der Waals surface area (Å²) in [5.41, 5.74) is 5.31. The molecule has 2 N–H and O–H groups in total. The highest BCUT2D eigenvalue weighted by atomic mass is 35.5. The molecule has 5 heteroatoms. The summed E-state index contributed by atoms with van der Waals surface area (Å²) in [5.74, 6) is 0.0818. The minimum Gasteiger partial charge on any atom is -0.372 e. The highest BCUT2D eigenvalue weighted by molar-refractivity contribution is 6.30. The van der Waals surface area contributed by atoms with E-state index < -0.39 is 0 Å². The van der Waals surface area contributed by atoms with E-state index in [0.29, 0.717) is 22.6 Å². The predicted octanol–water partition coefficient (Wildman–Crippen LogP) is 6.79. The number of carbonyl (C=O) groups excluding carboxylic acids is 2. The molecule has 1 aliphatic heterocycles. The summed E-state index contributed by atoms with van der Waals surface area (Å²) in [6.07, 6.45) is 1.25. The molecule has 0 bridgehead atoms. The summed E-state index contributed by atoms with van der Waals surface area (Å²) in [6.45, 7) is 4.23. The zero-order valence-corrected chi connectivity index (χ0v) is 19.4. The third kappa shape index (κ3) is 4.19. The number of Topliss-reactive ketones (excluding diaryl/α,β-unsaturated/α-hetero) is 1. The van der Waals surface area contributed by atoms with Gasteiger partial charge in [0.25, 0.3) is 0 Å². The first-order valence-corrected chi connectivity index (χ1v) is 11.5. The standard InChI is InChI=1S/C28H25ClN2O2/c1-28(2)15-23-25(24(32)16-28)26(18-9-6-10-20(29)13-18)31-22-14-19(11-12-21(22)30-23)27(33)17-7-4-3-5-8-17/h3-14,26,30-31H,15-16H2,1-2H3. The van der Waals surface area contributed by atoms with Gasteiger partial charge in [0.15, 0.2) is 11.6 Å². The van der Waals surface area contributed by atoms with Crippen LogP contribution in [0.1, 0.15) is 54.2 Å². The zero-order chi connectivity index (χ0) is 23.2. The van der Waals surface area contributed by atoms with Gasteiger partial charge in [0, 0.05) is 33.8 Å². The van der Waals surface area contributed by atoms with Crippen LogP contribution >= 0.6 is 11.6 Å². The number of allylic oxidation sites excluding steroid dienone is 1. The molecule has 1 atom stereocenters. The smallest absolute Gasteiger partial charge is 0.193 e. The van der Waals surface area contributed by atoms with Gasteiger partial charge in [0.2, 0.25) is 0 Å². The zero-order valence-electron chi connectivity index (χ0n) is 18.6. The number of carbonyl (C=O) groups is 2. The van der Waals surface area contributed by atoms with Crippen molar-refractivity contribution in [3.8, 4) is 0 Å². The Hall–Kier alpha value is -3.37. The first kappa shape index (κ1) is 21.5. The molecule has 0 radical (unpaired) electrons. The Balaban J connectivity index is 1.61. The molecular formula is C28H25ClN2O2. The third-order valence-electron chi connectivity index (χ3n) is 6.29. The number of benzene rings is 3.